The molecule has 0 spiro atoms. The van der Waals surface area contributed by atoms with Crippen LogP contribution in [-0.4, -0.2) is 5.97 Å². The molecule has 3 nitrogen and oxygen atoms in total. The van der Waals surface area contributed by atoms with Gasteiger partial charge in [-0.05, 0) is 17.5 Å². The summed E-state index contributed by atoms with van der Waals surface area (Å²) < 4.78 is 0. The van der Waals surface area contributed by atoms with E-state index in [1.807, 2.05) is 31.2 Å². The Hall–Kier alpha value is -1.35. The van der Waals surface area contributed by atoms with E-state index in [-0.39, 0.29) is 6.42 Å². The molecule has 1 rings (SSSR count). The van der Waals surface area contributed by atoms with Crippen LogP contribution in [0, 0.1) is 0 Å². The van der Waals surface area contributed by atoms with Crippen LogP contribution in [0.1, 0.15) is 18.1 Å². The third-order valence-electron chi connectivity index (χ3n) is 1.97. The van der Waals surface area contributed by atoms with E-state index in [2.05, 4.69) is 4.84 Å². The van der Waals surface area contributed by atoms with E-state index < -0.39 is 5.97 Å². The van der Waals surface area contributed by atoms with Crippen LogP contribution < -0.4 is 5.90 Å². The molecule has 13 heavy (non-hydrogen) atoms. The van der Waals surface area contributed by atoms with Crippen molar-refractivity contribution in [2.75, 3.05) is 0 Å². The topological polar surface area (TPSA) is 52.3 Å². The quantitative estimate of drug-likeness (QED) is 0.709. The Morgan fingerprint density at radius 3 is 2.54 bits per heavy atom. The number of benzene rings is 1. The smallest absolute Gasteiger partial charge is 0.328 e. The minimum absolute atomic E-state index is 0.251. The molecule has 1 aromatic carbocycles. The molecule has 0 saturated heterocycles. The normalized spacial score (nSPS) is 9.69. The lowest BCUT2D eigenvalue weighted by atomic mass is 10.0. The summed E-state index contributed by atoms with van der Waals surface area (Å²) >= 11 is 0. The van der Waals surface area contributed by atoms with E-state index in [1.54, 1.807) is 0 Å². The molecule has 0 aliphatic rings. The fourth-order valence-corrected chi connectivity index (χ4v) is 1.27. The first-order valence-corrected chi connectivity index (χ1v) is 4.24. The average molecular weight is 179 g/mol. The summed E-state index contributed by atoms with van der Waals surface area (Å²) in [6.45, 7) is 2.05. The highest BCUT2D eigenvalue weighted by atomic mass is 16.7. The van der Waals surface area contributed by atoms with Gasteiger partial charge in [0, 0.05) is 0 Å². The number of aryl methyl sites for hydroxylation is 1. The predicted octanol–water partition coefficient (Wildman–Crippen LogP) is 1.21. The summed E-state index contributed by atoms with van der Waals surface area (Å²) in [5.74, 6) is 4.36. The molecule has 1 aromatic rings. The second-order valence-electron chi connectivity index (χ2n) is 2.79. The lowest BCUT2D eigenvalue weighted by molar-refractivity contribution is -0.143. The van der Waals surface area contributed by atoms with E-state index in [9.17, 15) is 4.79 Å². The summed E-state index contributed by atoms with van der Waals surface area (Å²) in [6.07, 6.45) is 1.16. The molecule has 0 amide bonds. The van der Waals surface area contributed by atoms with Crippen molar-refractivity contribution in [2.24, 2.45) is 5.90 Å². The second-order valence-corrected chi connectivity index (χ2v) is 2.79. The summed E-state index contributed by atoms with van der Waals surface area (Å²) in [6, 6.07) is 7.77. The zero-order valence-corrected chi connectivity index (χ0v) is 7.62. The molecule has 0 aromatic heterocycles. The number of carbonyl (C=O) groups excluding carboxylic acids is 1. The molecule has 0 radical (unpaired) electrons. The van der Waals surface area contributed by atoms with Gasteiger partial charge < -0.3 is 4.84 Å². The Labute approximate surface area is 77.5 Å². The summed E-state index contributed by atoms with van der Waals surface area (Å²) in [7, 11) is 0. The van der Waals surface area contributed by atoms with Gasteiger partial charge in [-0.2, -0.15) is 5.90 Å². The number of rotatable bonds is 3. The predicted molar refractivity (Wildman–Crippen MR) is 49.8 cm³/mol. The van der Waals surface area contributed by atoms with E-state index in [0.29, 0.717) is 0 Å². The first kappa shape index (κ1) is 9.74. The maximum Gasteiger partial charge on any atom is 0.328 e. The summed E-state index contributed by atoms with van der Waals surface area (Å²) in [4.78, 5) is 15.0. The molecule has 0 bridgehead atoms. The molecule has 0 saturated carbocycles. The van der Waals surface area contributed by atoms with Crippen LogP contribution in [-0.2, 0) is 22.5 Å². The molecule has 2 N–H and O–H groups in total. The average Bonchev–Trinajstić information content (AvgIpc) is 2.18. The molecule has 0 atom stereocenters. The van der Waals surface area contributed by atoms with Crippen LogP contribution in [0.2, 0.25) is 0 Å². The molecule has 0 unspecified atom stereocenters. The lowest BCUT2D eigenvalue weighted by Crippen LogP contribution is -2.13. The third-order valence-corrected chi connectivity index (χ3v) is 1.97. The van der Waals surface area contributed by atoms with Crippen molar-refractivity contribution >= 4 is 5.97 Å². The number of carbonyl (C=O) groups is 1. The van der Waals surface area contributed by atoms with Gasteiger partial charge in [-0.25, -0.2) is 0 Å². The Morgan fingerprint density at radius 1 is 1.38 bits per heavy atom. The van der Waals surface area contributed by atoms with Gasteiger partial charge in [-0.1, -0.05) is 31.2 Å². The highest BCUT2D eigenvalue weighted by Gasteiger charge is 2.06. The summed E-state index contributed by atoms with van der Waals surface area (Å²) in [5, 5.41) is 0. The zero-order chi connectivity index (χ0) is 9.68. The molecule has 70 valence electrons. The molecule has 3 heteroatoms. The minimum atomic E-state index is -0.402. The van der Waals surface area contributed by atoms with Gasteiger partial charge in [0.15, 0.2) is 0 Å². The van der Waals surface area contributed by atoms with E-state index in [4.69, 9.17) is 5.90 Å². The first-order valence-electron chi connectivity index (χ1n) is 4.24. The van der Waals surface area contributed by atoms with E-state index >= 15 is 0 Å². The van der Waals surface area contributed by atoms with Crippen molar-refractivity contribution in [3.63, 3.8) is 0 Å². The highest BCUT2D eigenvalue weighted by molar-refractivity contribution is 5.72. The van der Waals surface area contributed by atoms with Crippen LogP contribution >= 0.6 is 0 Å². The van der Waals surface area contributed by atoms with Gasteiger partial charge in [0.25, 0.3) is 0 Å². The number of nitrogens with two attached hydrogens (primary N) is 1. The zero-order valence-electron chi connectivity index (χ0n) is 7.62. The van der Waals surface area contributed by atoms with Crippen molar-refractivity contribution in [1.82, 2.24) is 0 Å². The maximum absolute atomic E-state index is 10.9. The van der Waals surface area contributed by atoms with Crippen LogP contribution in [0.3, 0.4) is 0 Å². The Kier molecular flexibility index (Phi) is 3.46. The highest BCUT2D eigenvalue weighted by Crippen LogP contribution is 2.10. The molecular weight excluding hydrogens is 166 g/mol. The van der Waals surface area contributed by atoms with Crippen LogP contribution in [0.4, 0.5) is 0 Å². The van der Waals surface area contributed by atoms with Gasteiger partial charge >= 0.3 is 5.97 Å². The number of hydrogen-bond acceptors (Lipinski definition) is 3. The van der Waals surface area contributed by atoms with Gasteiger partial charge in [-0.3, -0.25) is 4.79 Å². The van der Waals surface area contributed by atoms with Crippen molar-refractivity contribution in [3.05, 3.63) is 35.4 Å². The van der Waals surface area contributed by atoms with E-state index in [0.717, 1.165) is 17.5 Å². The molecule has 0 heterocycles. The molecular formula is C10H13NO2. The molecule has 0 aliphatic carbocycles. The van der Waals surface area contributed by atoms with Crippen molar-refractivity contribution in [2.45, 2.75) is 19.8 Å². The monoisotopic (exact) mass is 179 g/mol. The number of hydrogen-bond donors (Lipinski definition) is 1. The first-order chi connectivity index (χ1) is 6.27. The van der Waals surface area contributed by atoms with Gasteiger partial charge in [0.05, 0.1) is 6.42 Å². The Balaban J connectivity index is 2.81. The third kappa shape index (κ3) is 2.56. The fourth-order valence-electron chi connectivity index (χ4n) is 1.27. The van der Waals surface area contributed by atoms with Gasteiger partial charge in [0.1, 0.15) is 0 Å². The fraction of sp³-hybridized carbons (Fsp3) is 0.300. The van der Waals surface area contributed by atoms with Crippen LogP contribution in [0.5, 0.6) is 0 Å². The van der Waals surface area contributed by atoms with Crippen molar-refractivity contribution in [1.29, 1.82) is 0 Å². The molecule has 0 aliphatic heterocycles. The van der Waals surface area contributed by atoms with E-state index in [1.165, 1.54) is 0 Å². The Bertz CT molecular complexity index is 297. The largest absolute Gasteiger partial charge is 0.373 e. The van der Waals surface area contributed by atoms with Crippen LogP contribution in [0.25, 0.3) is 0 Å². The van der Waals surface area contributed by atoms with Gasteiger partial charge in [0.2, 0.25) is 0 Å². The van der Waals surface area contributed by atoms with Crippen molar-refractivity contribution < 1.29 is 9.63 Å². The standard InChI is InChI=1S/C10H13NO2/c1-2-8-5-3-4-6-9(8)7-10(12)13-11/h3-6H,2,7,11H2,1H3. The second kappa shape index (κ2) is 4.62. The minimum Gasteiger partial charge on any atom is -0.373 e. The SMILES string of the molecule is CCc1ccccc1CC(=O)ON. The maximum atomic E-state index is 10.9. The van der Waals surface area contributed by atoms with Crippen molar-refractivity contribution in [3.8, 4) is 0 Å². The van der Waals surface area contributed by atoms with Crippen LogP contribution in [0.15, 0.2) is 24.3 Å². The lowest BCUT2D eigenvalue weighted by Gasteiger charge is -2.04. The van der Waals surface area contributed by atoms with Gasteiger partial charge in [-0.15, -0.1) is 0 Å². The molecule has 0 fully saturated rings. The summed E-state index contributed by atoms with van der Waals surface area (Å²) in [5.41, 5.74) is 2.15. The Morgan fingerprint density at radius 2 is 2.00 bits per heavy atom.